The van der Waals surface area contributed by atoms with Crippen LogP contribution in [0.5, 0.6) is 0 Å². The molecule has 2 heterocycles. The van der Waals surface area contributed by atoms with E-state index in [4.69, 9.17) is 9.88 Å². The van der Waals surface area contributed by atoms with E-state index in [1.807, 2.05) is 0 Å². The smallest absolute Gasteiger partial charge is 0.272 e. The van der Waals surface area contributed by atoms with Crippen LogP contribution in [0.15, 0.2) is 41.4 Å². The van der Waals surface area contributed by atoms with E-state index in [-0.39, 0.29) is 10.8 Å². The summed E-state index contributed by atoms with van der Waals surface area (Å²) in [5, 5.41) is 8.16. The van der Waals surface area contributed by atoms with Gasteiger partial charge in [-0.3, -0.25) is 4.79 Å². The van der Waals surface area contributed by atoms with Crippen molar-refractivity contribution in [2.75, 3.05) is 38.2 Å². The number of hydrogen-bond acceptors (Lipinski definition) is 7. The number of carbonyl (C=O) groups is 1. The maximum Gasteiger partial charge on any atom is 0.272 e. The molecule has 1 aliphatic heterocycles. The zero-order chi connectivity index (χ0) is 19.3. The summed E-state index contributed by atoms with van der Waals surface area (Å²) in [5.74, 6) is 0.234. The van der Waals surface area contributed by atoms with Crippen molar-refractivity contribution >= 4 is 21.9 Å². The Morgan fingerprint density at radius 3 is 2.56 bits per heavy atom. The Morgan fingerprint density at radius 1 is 1.19 bits per heavy atom. The topological polar surface area (TPSA) is 128 Å². The van der Waals surface area contributed by atoms with Crippen molar-refractivity contribution in [1.29, 1.82) is 0 Å². The number of hydrogen-bond donors (Lipinski definition) is 2. The van der Waals surface area contributed by atoms with Gasteiger partial charge in [-0.15, -0.1) is 0 Å². The lowest BCUT2D eigenvalue weighted by atomic mass is 10.1. The first-order valence-corrected chi connectivity index (χ1v) is 10.0. The van der Waals surface area contributed by atoms with E-state index in [1.165, 1.54) is 12.1 Å². The molecule has 1 saturated heterocycles. The molecule has 0 aliphatic carbocycles. The Balaban J connectivity index is 1.56. The lowest BCUT2D eigenvalue weighted by Gasteiger charge is -2.26. The van der Waals surface area contributed by atoms with Crippen molar-refractivity contribution in [2.45, 2.75) is 11.3 Å². The molecule has 0 saturated carbocycles. The highest BCUT2D eigenvalue weighted by Crippen LogP contribution is 2.10. The molecule has 1 aromatic heterocycles. The minimum Gasteiger partial charge on any atom is -0.378 e. The third-order valence-electron chi connectivity index (χ3n) is 4.12. The summed E-state index contributed by atoms with van der Waals surface area (Å²) >= 11 is 0. The van der Waals surface area contributed by atoms with Gasteiger partial charge in [-0.2, -0.15) is 0 Å². The molecule has 1 fully saturated rings. The number of ether oxygens (including phenoxy) is 1. The Kier molecular flexibility index (Phi) is 5.99. The highest BCUT2D eigenvalue weighted by molar-refractivity contribution is 7.89. The Morgan fingerprint density at radius 2 is 1.89 bits per heavy atom. The molecule has 1 amide bonds. The van der Waals surface area contributed by atoms with Gasteiger partial charge in [0, 0.05) is 25.8 Å². The first kappa shape index (κ1) is 19.2. The van der Waals surface area contributed by atoms with Crippen LogP contribution in [0.2, 0.25) is 0 Å². The van der Waals surface area contributed by atoms with Crippen LogP contribution < -0.4 is 10.5 Å². The van der Waals surface area contributed by atoms with Crippen molar-refractivity contribution in [1.82, 2.24) is 14.9 Å². The molecular weight excluding hydrogens is 370 g/mol. The zero-order valence-corrected chi connectivity index (χ0v) is 15.5. The van der Waals surface area contributed by atoms with E-state index in [1.54, 1.807) is 29.3 Å². The number of amides is 1. The Labute approximate surface area is 157 Å². The van der Waals surface area contributed by atoms with Gasteiger partial charge >= 0.3 is 0 Å². The number of nitrogens with zero attached hydrogens (tertiary/aromatic N) is 3. The van der Waals surface area contributed by atoms with E-state index in [0.717, 1.165) is 5.56 Å². The standard InChI is InChI=1S/C17H21N5O4S/c18-27(24,25)14-3-1-13(2-4-14)5-7-19-17-20-8-6-15(21-17)16(23)22-9-11-26-12-10-22/h1-4,6,8H,5,7,9-12H2,(H2,18,24,25)(H,19,20,21). The van der Waals surface area contributed by atoms with E-state index >= 15 is 0 Å². The fourth-order valence-electron chi connectivity index (χ4n) is 2.66. The Hall–Kier alpha value is -2.56. The molecule has 3 N–H and O–H groups in total. The van der Waals surface area contributed by atoms with Gasteiger partial charge in [-0.05, 0) is 30.2 Å². The number of primary sulfonamides is 1. The molecule has 0 atom stereocenters. The maximum atomic E-state index is 12.5. The summed E-state index contributed by atoms with van der Waals surface area (Å²) in [6.07, 6.45) is 2.18. The second-order valence-electron chi connectivity index (χ2n) is 6.04. The van der Waals surface area contributed by atoms with Gasteiger partial charge in [0.1, 0.15) is 5.69 Å². The van der Waals surface area contributed by atoms with Crippen LogP contribution in [-0.4, -0.2) is 62.0 Å². The number of morpholine rings is 1. The summed E-state index contributed by atoms with van der Waals surface area (Å²) < 4.78 is 27.8. The molecule has 10 heteroatoms. The molecule has 1 aliphatic rings. The van der Waals surface area contributed by atoms with Crippen LogP contribution in [0.4, 0.5) is 5.95 Å². The van der Waals surface area contributed by atoms with Gasteiger partial charge in [0.05, 0.1) is 18.1 Å². The van der Waals surface area contributed by atoms with Crippen molar-refractivity contribution in [3.63, 3.8) is 0 Å². The number of nitrogens with one attached hydrogen (secondary N) is 1. The van der Waals surface area contributed by atoms with Crippen LogP contribution in [-0.2, 0) is 21.2 Å². The van der Waals surface area contributed by atoms with Crippen molar-refractivity contribution in [3.8, 4) is 0 Å². The lowest BCUT2D eigenvalue weighted by molar-refractivity contribution is 0.0299. The highest BCUT2D eigenvalue weighted by atomic mass is 32.2. The van der Waals surface area contributed by atoms with E-state index in [9.17, 15) is 13.2 Å². The SMILES string of the molecule is NS(=O)(=O)c1ccc(CCNc2nccc(C(=O)N3CCOCC3)n2)cc1. The van der Waals surface area contributed by atoms with Crippen molar-refractivity contribution < 1.29 is 17.9 Å². The molecule has 0 radical (unpaired) electrons. The normalized spacial score (nSPS) is 14.8. The number of sulfonamides is 1. The quantitative estimate of drug-likeness (QED) is 0.722. The first-order valence-electron chi connectivity index (χ1n) is 8.49. The van der Waals surface area contributed by atoms with Gasteiger partial charge in [0.25, 0.3) is 5.91 Å². The highest BCUT2D eigenvalue weighted by Gasteiger charge is 2.20. The monoisotopic (exact) mass is 391 g/mol. The molecule has 1 aromatic carbocycles. The zero-order valence-electron chi connectivity index (χ0n) is 14.7. The summed E-state index contributed by atoms with van der Waals surface area (Å²) in [5.41, 5.74) is 1.28. The van der Waals surface area contributed by atoms with Gasteiger partial charge in [0.2, 0.25) is 16.0 Å². The van der Waals surface area contributed by atoms with E-state index in [0.29, 0.717) is 50.9 Å². The van der Waals surface area contributed by atoms with Crippen LogP contribution >= 0.6 is 0 Å². The lowest BCUT2D eigenvalue weighted by Crippen LogP contribution is -2.41. The van der Waals surface area contributed by atoms with Crippen LogP contribution in [0, 0.1) is 0 Å². The summed E-state index contributed by atoms with van der Waals surface area (Å²) in [7, 11) is -3.68. The predicted molar refractivity (Wildman–Crippen MR) is 98.8 cm³/mol. The van der Waals surface area contributed by atoms with Gasteiger partial charge in [-0.1, -0.05) is 12.1 Å². The number of carbonyl (C=O) groups excluding carboxylic acids is 1. The molecule has 3 rings (SSSR count). The van der Waals surface area contributed by atoms with Crippen LogP contribution in [0.3, 0.4) is 0 Å². The number of benzene rings is 1. The minimum absolute atomic E-state index is 0.0804. The number of nitrogens with two attached hydrogens (primary N) is 1. The van der Waals surface area contributed by atoms with Crippen LogP contribution in [0.1, 0.15) is 16.1 Å². The second-order valence-corrected chi connectivity index (χ2v) is 7.60. The van der Waals surface area contributed by atoms with E-state index in [2.05, 4.69) is 15.3 Å². The number of rotatable bonds is 6. The molecule has 0 unspecified atom stereocenters. The molecule has 2 aromatic rings. The summed E-state index contributed by atoms with van der Waals surface area (Å²) in [6, 6.07) is 7.96. The molecule has 0 spiro atoms. The molecule has 9 nitrogen and oxygen atoms in total. The van der Waals surface area contributed by atoms with Crippen LogP contribution in [0.25, 0.3) is 0 Å². The van der Waals surface area contributed by atoms with E-state index < -0.39 is 10.0 Å². The van der Waals surface area contributed by atoms with Gasteiger partial charge in [0.15, 0.2) is 0 Å². The fraction of sp³-hybridized carbons (Fsp3) is 0.353. The Bertz CT molecular complexity index is 896. The molecule has 27 heavy (non-hydrogen) atoms. The minimum atomic E-state index is -3.68. The third kappa shape index (κ3) is 5.22. The average molecular weight is 391 g/mol. The molecular formula is C17H21N5O4S. The van der Waals surface area contributed by atoms with Gasteiger partial charge < -0.3 is 15.0 Å². The largest absolute Gasteiger partial charge is 0.378 e. The number of aromatic nitrogens is 2. The second kappa shape index (κ2) is 8.42. The third-order valence-corrected chi connectivity index (χ3v) is 5.05. The first-order chi connectivity index (χ1) is 12.9. The molecule has 0 bridgehead atoms. The average Bonchev–Trinajstić information content (AvgIpc) is 2.68. The predicted octanol–water partition coefficient (Wildman–Crippen LogP) is 0.251. The number of anilines is 1. The van der Waals surface area contributed by atoms with Crippen molar-refractivity contribution in [3.05, 3.63) is 47.8 Å². The summed E-state index contributed by atoms with van der Waals surface area (Å²) in [6.45, 7) is 2.71. The van der Waals surface area contributed by atoms with Crippen molar-refractivity contribution in [2.24, 2.45) is 5.14 Å². The fourth-order valence-corrected chi connectivity index (χ4v) is 3.17. The summed E-state index contributed by atoms with van der Waals surface area (Å²) in [4.78, 5) is 22.7. The maximum absolute atomic E-state index is 12.5. The van der Waals surface area contributed by atoms with Gasteiger partial charge in [-0.25, -0.2) is 23.5 Å². The molecule has 144 valence electrons.